The van der Waals surface area contributed by atoms with Crippen LogP contribution in [0.25, 0.3) is 0 Å². The van der Waals surface area contributed by atoms with Gasteiger partial charge < -0.3 is 10.2 Å². The molecule has 0 spiro atoms. The second-order valence-corrected chi connectivity index (χ2v) is 8.36. The molecule has 30 heavy (non-hydrogen) atoms. The molecular weight excluding hydrogens is 370 g/mol. The first-order chi connectivity index (χ1) is 14.8. The molecule has 0 aliphatic carbocycles. The molecule has 1 fully saturated rings. The van der Waals surface area contributed by atoms with Crippen LogP contribution in [0.3, 0.4) is 0 Å². The van der Waals surface area contributed by atoms with Crippen LogP contribution < -0.4 is 10.2 Å². The third kappa shape index (κ3) is 4.46. The molecule has 0 bridgehead atoms. The number of fused-ring (bicyclic) bond motifs is 1. The van der Waals surface area contributed by atoms with Gasteiger partial charge in [-0.1, -0.05) is 54.6 Å². The minimum atomic E-state index is 0.474. The van der Waals surface area contributed by atoms with Crippen molar-refractivity contribution in [2.24, 2.45) is 0 Å². The highest BCUT2D eigenvalue weighted by atomic mass is 15.3. The number of benzene rings is 2. The van der Waals surface area contributed by atoms with Gasteiger partial charge in [0.15, 0.2) is 0 Å². The summed E-state index contributed by atoms with van der Waals surface area (Å²) >= 11 is 0. The zero-order valence-electron chi connectivity index (χ0n) is 17.4. The Morgan fingerprint density at radius 1 is 0.867 bits per heavy atom. The highest BCUT2D eigenvalue weighted by molar-refractivity contribution is 5.45. The van der Waals surface area contributed by atoms with E-state index in [1.54, 1.807) is 0 Å². The van der Waals surface area contributed by atoms with Gasteiger partial charge in [-0.2, -0.15) is 4.98 Å². The van der Waals surface area contributed by atoms with Crippen LogP contribution in [0.5, 0.6) is 0 Å². The lowest BCUT2D eigenvalue weighted by Crippen LogP contribution is -2.39. The molecule has 1 N–H and O–H groups in total. The summed E-state index contributed by atoms with van der Waals surface area (Å²) in [5.74, 6) is 1.77. The van der Waals surface area contributed by atoms with Crippen molar-refractivity contribution < 1.29 is 0 Å². The van der Waals surface area contributed by atoms with Crippen molar-refractivity contribution in [1.82, 2.24) is 14.9 Å². The average molecular weight is 400 g/mol. The Bertz CT molecular complexity index is 966. The molecule has 0 amide bonds. The van der Waals surface area contributed by atoms with Gasteiger partial charge in [0.2, 0.25) is 5.95 Å². The molecule has 5 nitrogen and oxygen atoms in total. The maximum absolute atomic E-state index is 4.84. The van der Waals surface area contributed by atoms with Crippen LogP contribution in [0.15, 0.2) is 66.9 Å². The molecule has 0 unspecified atom stereocenters. The van der Waals surface area contributed by atoms with Crippen molar-refractivity contribution in [3.05, 3.63) is 83.6 Å². The van der Waals surface area contributed by atoms with E-state index < -0.39 is 0 Å². The van der Waals surface area contributed by atoms with E-state index in [0.29, 0.717) is 6.04 Å². The van der Waals surface area contributed by atoms with E-state index in [1.807, 2.05) is 12.3 Å². The topological polar surface area (TPSA) is 44.3 Å². The van der Waals surface area contributed by atoms with Crippen molar-refractivity contribution in [3.8, 4) is 0 Å². The molecule has 2 aliphatic rings. The van der Waals surface area contributed by atoms with Crippen LogP contribution in [-0.2, 0) is 19.5 Å². The summed E-state index contributed by atoms with van der Waals surface area (Å²) < 4.78 is 0. The maximum Gasteiger partial charge on any atom is 0.227 e. The van der Waals surface area contributed by atoms with Crippen LogP contribution in [0.4, 0.5) is 11.8 Å². The predicted octanol–water partition coefficient (Wildman–Crippen LogP) is 4.12. The van der Waals surface area contributed by atoms with Crippen LogP contribution in [-0.4, -0.2) is 40.5 Å². The summed E-state index contributed by atoms with van der Waals surface area (Å²) in [4.78, 5) is 14.2. The van der Waals surface area contributed by atoms with Crippen LogP contribution in [0.2, 0.25) is 0 Å². The van der Waals surface area contributed by atoms with Crippen LogP contribution >= 0.6 is 0 Å². The van der Waals surface area contributed by atoms with Crippen molar-refractivity contribution in [2.75, 3.05) is 29.9 Å². The Balaban J connectivity index is 1.17. The fourth-order valence-corrected chi connectivity index (χ4v) is 4.53. The number of aromatic nitrogens is 2. The van der Waals surface area contributed by atoms with Crippen molar-refractivity contribution in [3.63, 3.8) is 0 Å². The third-order valence-corrected chi connectivity index (χ3v) is 6.24. The first kappa shape index (κ1) is 19.1. The summed E-state index contributed by atoms with van der Waals surface area (Å²) in [6.07, 6.45) is 5.22. The third-order valence-electron chi connectivity index (χ3n) is 6.24. The molecule has 5 rings (SSSR count). The fourth-order valence-electron chi connectivity index (χ4n) is 4.53. The first-order valence-corrected chi connectivity index (χ1v) is 11.0. The summed E-state index contributed by atoms with van der Waals surface area (Å²) in [5, 5.41) is 3.66. The van der Waals surface area contributed by atoms with Crippen molar-refractivity contribution >= 4 is 11.8 Å². The lowest BCUT2D eigenvalue weighted by molar-refractivity contribution is 0.211. The molecule has 3 aromatic rings. The molecular formula is C25H29N5. The second kappa shape index (κ2) is 8.84. The van der Waals surface area contributed by atoms with Gasteiger partial charge in [-0.15, -0.1) is 0 Å². The summed E-state index contributed by atoms with van der Waals surface area (Å²) in [5.41, 5.74) is 4.23. The summed E-state index contributed by atoms with van der Waals surface area (Å²) in [6, 6.07) is 21.9. The van der Waals surface area contributed by atoms with Crippen molar-refractivity contribution in [2.45, 2.75) is 38.4 Å². The number of likely N-dealkylation sites (tertiary alicyclic amines) is 1. The molecule has 3 heterocycles. The Kier molecular flexibility index (Phi) is 5.62. The highest BCUT2D eigenvalue weighted by Gasteiger charge is 2.21. The summed E-state index contributed by atoms with van der Waals surface area (Å²) in [7, 11) is 0. The molecule has 1 aromatic heterocycles. The summed E-state index contributed by atoms with van der Waals surface area (Å²) in [6.45, 7) is 5.14. The number of anilines is 2. The number of hydrogen-bond acceptors (Lipinski definition) is 5. The van der Waals surface area contributed by atoms with E-state index in [2.05, 4.69) is 74.7 Å². The number of nitrogens with one attached hydrogen (secondary N) is 1. The number of piperidine rings is 1. The Hall–Kier alpha value is -2.92. The van der Waals surface area contributed by atoms with Gasteiger partial charge in [0.25, 0.3) is 0 Å². The van der Waals surface area contributed by atoms with Crippen molar-refractivity contribution in [1.29, 1.82) is 0 Å². The molecule has 0 radical (unpaired) electrons. The van der Waals surface area contributed by atoms with Crippen LogP contribution in [0.1, 0.15) is 29.5 Å². The minimum Gasteiger partial charge on any atom is -0.367 e. The van der Waals surface area contributed by atoms with Gasteiger partial charge in [0.05, 0.1) is 0 Å². The standard InChI is InChI=1S/C25H29N5/c1-2-6-20(7-3-1)18-29-15-12-23(13-16-29)27-24-10-14-26-25(28-24)30-17-11-21-8-4-5-9-22(21)19-30/h1-10,14,23H,11-13,15-19H2,(H,26,27,28). The molecule has 1 saturated heterocycles. The Morgan fingerprint density at radius 2 is 1.63 bits per heavy atom. The highest BCUT2D eigenvalue weighted by Crippen LogP contribution is 2.23. The quantitative estimate of drug-likeness (QED) is 0.699. The van der Waals surface area contributed by atoms with Gasteiger partial charge in [-0.05, 0) is 42.0 Å². The van der Waals surface area contributed by atoms with Gasteiger partial charge in [0, 0.05) is 45.0 Å². The maximum atomic E-state index is 4.84. The molecule has 2 aromatic carbocycles. The lowest BCUT2D eigenvalue weighted by atomic mass is 10.0. The van der Waals surface area contributed by atoms with Gasteiger partial charge >= 0.3 is 0 Å². The normalized spacial score (nSPS) is 17.5. The Morgan fingerprint density at radius 3 is 2.47 bits per heavy atom. The van der Waals surface area contributed by atoms with Gasteiger partial charge in [-0.3, -0.25) is 4.90 Å². The zero-order chi connectivity index (χ0) is 20.2. The smallest absolute Gasteiger partial charge is 0.227 e. The van der Waals surface area contributed by atoms with Gasteiger partial charge in [0.1, 0.15) is 5.82 Å². The fraction of sp³-hybridized carbons (Fsp3) is 0.360. The average Bonchev–Trinajstić information content (AvgIpc) is 2.81. The van der Waals surface area contributed by atoms with E-state index in [0.717, 1.165) is 63.8 Å². The zero-order valence-corrected chi connectivity index (χ0v) is 17.4. The molecule has 2 aliphatic heterocycles. The Labute approximate surface area is 178 Å². The van der Waals surface area contributed by atoms with E-state index >= 15 is 0 Å². The molecule has 5 heteroatoms. The van der Waals surface area contributed by atoms with Crippen LogP contribution in [0, 0.1) is 0 Å². The van der Waals surface area contributed by atoms with Gasteiger partial charge in [-0.25, -0.2) is 4.98 Å². The van der Waals surface area contributed by atoms with E-state index in [9.17, 15) is 0 Å². The number of nitrogens with zero attached hydrogens (tertiary/aromatic N) is 4. The monoisotopic (exact) mass is 399 g/mol. The van der Waals surface area contributed by atoms with E-state index in [1.165, 1.54) is 16.7 Å². The number of rotatable bonds is 5. The largest absolute Gasteiger partial charge is 0.367 e. The first-order valence-electron chi connectivity index (χ1n) is 11.0. The molecule has 0 saturated carbocycles. The SMILES string of the molecule is c1ccc(CN2CCC(Nc3ccnc(N4CCc5ccccc5C4)n3)CC2)cc1. The number of hydrogen-bond donors (Lipinski definition) is 1. The van der Waals surface area contributed by atoms with E-state index in [-0.39, 0.29) is 0 Å². The molecule has 0 atom stereocenters. The molecule has 154 valence electrons. The second-order valence-electron chi connectivity index (χ2n) is 8.36. The minimum absolute atomic E-state index is 0.474. The lowest BCUT2D eigenvalue weighted by Gasteiger charge is -2.33. The predicted molar refractivity (Wildman–Crippen MR) is 122 cm³/mol. The van der Waals surface area contributed by atoms with E-state index in [4.69, 9.17) is 4.98 Å².